The Kier molecular flexibility index (Phi) is 5.06. The van der Waals surface area contributed by atoms with E-state index < -0.39 is 0 Å². The fraction of sp³-hybridized carbons (Fsp3) is 0.188. The highest BCUT2D eigenvalue weighted by Gasteiger charge is 2.09. The average molecular weight is 306 g/mol. The van der Waals surface area contributed by atoms with Gasteiger partial charge >= 0.3 is 0 Å². The maximum absolute atomic E-state index is 12.1. The Morgan fingerprint density at radius 1 is 1.10 bits per heavy atom. The van der Waals surface area contributed by atoms with Crippen molar-refractivity contribution in [2.45, 2.75) is 6.42 Å². The van der Waals surface area contributed by atoms with Gasteiger partial charge in [0.25, 0.3) is 0 Å². The quantitative estimate of drug-likeness (QED) is 0.919. The molecule has 0 atom stereocenters. The number of carbonyl (C=O) groups is 1. The van der Waals surface area contributed by atoms with Crippen molar-refractivity contribution in [1.29, 1.82) is 0 Å². The van der Waals surface area contributed by atoms with Gasteiger partial charge in [-0.1, -0.05) is 29.8 Å². The van der Waals surface area contributed by atoms with Gasteiger partial charge in [-0.25, -0.2) is 0 Å². The molecule has 4 nitrogen and oxygen atoms in total. The third kappa shape index (κ3) is 4.13. The second-order valence-electron chi connectivity index (χ2n) is 4.42. The molecule has 0 aliphatic heterocycles. The molecule has 0 saturated carbocycles. The standard InChI is InChI=1S/C16H16ClNO3/c1-20-13-8-12(9-14(10-13)21-2)18-16(19)7-11-5-3-4-6-15(11)17/h3-6,8-10H,7H2,1-2H3,(H,18,19). The smallest absolute Gasteiger partial charge is 0.228 e. The van der Waals surface area contributed by atoms with E-state index in [9.17, 15) is 4.79 Å². The van der Waals surface area contributed by atoms with Crippen LogP contribution in [0.25, 0.3) is 0 Å². The summed E-state index contributed by atoms with van der Waals surface area (Å²) in [6.45, 7) is 0. The number of carbonyl (C=O) groups excluding carboxylic acids is 1. The van der Waals surface area contributed by atoms with Gasteiger partial charge in [-0.3, -0.25) is 4.79 Å². The third-order valence-corrected chi connectivity index (χ3v) is 3.31. The first-order chi connectivity index (χ1) is 10.1. The number of benzene rings is 2. The number of methoxy groups -OCH3 is 2. The summed E-state index contributed by atoms with van der Waals surface area (Å²) in [5.41, 5.74) is 1.40. The predicted octanol–water partition coefficient (Wildman–Crippen LogP) is 3.54. The summed E-state index contributed by atoms with van der Waals surface area (Å²) in [6.07, 6.45) is 0.208. The molecule has 1 N–H and O–H groups in total. The Morgan fingerprint density at radius 2 is 1.71 bits per heavy atom. The van der Waals surface area contributed by atoms with Crippen LogP contribution in [0, 0.1) is 0 Å². The summed E-state index contributed by atoms with van der Waals surface area (Å²) in [5.74, 6) is 1.07. The van der Waals surface area contributed by atoms with Crippen LogP contribution in [-0.4, -0.2) is 20.1 Å². The van der Waals surface area contributed by atoms with Crippen LogP contribution in [0.2, 0.25) is 5.02 Å². The van der Waals surface area contributed by atoms with Gasteiger partial charge in [-0.2, -0.15) is 0 Å². The van der Waals surface area contributed by atoms with Crippen LogP contribution >= 0.6 is 11.6 Å². The fourth-order valence-electron chi connectivity index (χ4n) is 1.90. The minimum absolute atomic E-state index is 0.154. The Bertz CT molecular complexity index is 621. The number of nitrogens with one attached hydrogen (secondary N) is 1. The van der Waals surface area contributed by atoms with Crippen LogP contribution in [0.15, 0.2) is 42.5 Å². The first kappa shape index (κ1) is 15.2. The van der Waals surface area contributed by atoms with Gasteiger partial charge in [0.2, 0.25) is 5.91 Å². The number of hydrogen-bond acceptors (Lipinski definition) is 3. The van der Waals surface area contributed by atoms with Gasteiger partial charge in [0.15, 0.2) is 0 Å². The van der Waals surface area contributed by atoms with Gasteiger partial charge in [0.1, 0.15) is 11.5 Å². The Hall–Kier alpha value is -2.20. The van der Waals surface area contributed by atoms with E-state index in [0.717, 1.165) is 5.56 Å². The summed E-state index contributed by atoms with van der Waals surface area (Å²) in [4.78, 5) is 12.1. The molecule has 0 saturated heterocycles. The molecule has 0 aliphatic rings. The van der Waals surface area contributed by atoms with Gasteiger partial charge in [0.05, 0.1) is 20.6 Å². The summed E-state index contributed by atoms with van der Waals surface area (Å²) in [6, 6.07) is 12.5. The molecule has 0 unspecified atom stereocenters. The average Bonchev–Trinajstić information content (AvgIpc) is 2.49. The molecular formula is C16H16ClNO3. The lowest BCUT2D eigenvalue weighted by Crippen LogP contribution is -2.14. The highest BCUT2D eigenvalue weighted by Crippen LogP contribution is 2.26. The molecule has 0 heterocycles. The van der Waals surface area contributed by atoms with Gasteiger partial charge in [-0.15, -0.1) is 0 Å². The maximum atomic E-state index is 12.1. The minimum Gasteiger partial charge on any atom is -0.497 e. The molecule has 2 aromatic carbocycles. The highest BCUT2D eigenvalue weighted by molar-refractivity contribution is 6.31. The van der Waals surface area contributed by atoms with Gasteiger partial charge < -0.3 is 14.8 Å². The monoisotopic (exact) mass is 305 g/mol. The zero-order valence-corrected chi connectivity index (χ0v) is 12.6. The van der Waals surface area contributed by atoms with E-state index in [-0.39, 0.29) is 12.3 Å². The van der Waals surface area contributed by atoms with E-state index in [4.69, 9.17) is 21.1 Å². The van der Waals surface area contributed by atoms with Crippen LogP contribution in [0.5, 0.6) is 11.5 Å². The summed E-state index contributed by atoms with van der Waals surface area (Å²) >= 11 is 6.05. The van der Waals surface area contributed by atoms with Crippen molar-refractivity contribution in [3.63, 3.8) is 0 Å². The second kappa shape index (κ2) is 6.99. The van der Waals surface area contributed by atoms with Crippen molar-refractivity contribution >= 4 is 23.2 Å². The van der Waals surface area contributed by atoms with Crippen LogP contribution < -0.4 is 14.8 Å². The van der Waals surface area contributed by atoms with E-state index >= 15 is 0 Å². The van der Waals surface area contributed by atoms with Crippen LogP contribution in [-0.2, 0) is 11.2 Å². The fourth-order valence-corrected chi connectivity index (χ4v) is 2.10. The van der Waals surface area contributed by atoms with Crippen molar-refractivity contribution in [2.24, 2.45) is 0 Å². The van der Waals surface area contributed by atoms with Crippen LogP contribution in [0.4, 0.5) is 5.69 Å². The molecule has 0 radical (unpaired) electrons. The predicted molar refractivity (Wildman–Crippen MR) is 83.3 cm³/mol. The first-order valence-corrected chi connectivity index (χ1v) is 6.76. The molecule has 0 aromatic heterocycles. The second-order valence-corrected chi connectivity index (χ2v) is 4.82. The molecule has 5 heteroatoms. The van der Waals surface area contributed by atoms with Crippen molar-refractivity contribution < 1.29 is 14.3 Å². The topological polar surface area (TPSA) is 47.6 Å². The zero-order valence-electron chi connectivity index (χ0n) is 11.9. The molecular weight excluding hydrogens is 290 g/mol. The molecule has 2 aromatic rings. The van der Waals surface area contributed by atoms with E-state index in [1.54, 1.807) is 38.5 Å². The Labute approximate surface area is 128 Å². The van der Waals surface area contributed by atoms with Crippen molar-refractivity contribution in [3.8, 4) is 11.5 Å². The number of halogens is 1. The van der Waals surface area contributed by atoms with E-state index in [1.807, 2.05) is 18.2 Å². The summed E-state index contributed by atoms with van der Waals surface area (Å²) < 4.78 is 10.3. The Balaban J connectivity index is 2.11. The normalized spacial score (nSPS) is 10.0. The van der Waals surface area contributed by atoms with Crippen molar-refractivity contribution in [1.82, 2.24) is 0 Å². The SMILES string of the molecule is COc1cc(NC(=O)Cc2ccccc2Cl)cc(OC)c1. The minimum atomic E-state index is -0.154. The maximum Gasteiger partial charge on any atom is 0.228 e. The number of rotatable bonds is 5. The van der Waals surface area contributed by atoms with Crippen molar-refractivity contribution in [2.75, 3.05) is 19.5 Å². The molecule has 0 spiro atoms. The first-order valence-electron chi connectivity index (χ1n) is 6.38. The molecule has 21 heavy (non-hydrogen) atoms. The highest BCUT2D eigenvalue weighted by atomic mass is 35.5. The molecule has 1 amide bonds. The lowest BCUT2D eigenvalue weighted by Gasteiger charge is -2.10. The van der Waals surface area contributed by atoms with Crippen molar-refractivity contribution in [3.05, 3.63) is 53.1 Å². The van der Waals surface area contributed by atoms with Gasteiger partial charge in [-0.05, 0) is 11.6 Å². The summed E-state index contributed by atoms with van der Waals surface area (Å²) in [7, 11) is 3.12. The van der Waals surface area contributed by atoms with E-state index in [1.165, 1.54) is 0 Å². The largest absolute Gasteiger partial charge is 0.497 e. The molecule has 0 fully saturated rings. The van der Waals surface area contributed by atoms with E-state index in [2.05, 4.69) is 5.32 Å². The summed E-state index contributed by atoms with van der Waals surface area (Å²) in [5, 5.41) is 3.39. The zero-order chi connectivity index (χ0) is 15.2. The third-order valence-electron chi connectivity index (χ3n) is 2.94. The molecule has 0 bridgehead atoms. The Morgan fingerprint density at radius 3 is 2.29 bits per heavy atom. The lowest BCUT2D eigenvalue weighted by atomic mass is 10.1. The number of anilines is 1. The lowest BCUT2D eigenvalue weighted by molar-refractivity contribution is -0.115. The van der Waals surface area contributed by atoms with Crippen LogP contribution in [0.3, 0.4) is 0 Å². The molecule has 0 aliphatic carbocycles. The van der Waals surface area contributed by atoms with Crippen LogP contribution in [0.1, 0.15) is 5.56 Å². The molecule has 110 valence electrons. The molecule has 2 rings (SSSR count). The van der Waals surface area contributed by atoms with E-state index in [0.29, 0.717) is 22.2 Å². The van der Waals surface area contributed by atoms with Gasteiger partial charge in [0, 0.05) is 28.9 Å². The number of hydrogen-bond donors (Lipinski definition) is 1. The number of ether oxygens (including phenoxy) is 2. The number of amides is 1.